The maximum Gasteiger partial charge on any atom is 0.124 e. The van der Waals surface area contributed by atoms with Gasteiger partial charge in [0.25, 0.3) is 0 Å². The minimum absolute atomic E-state index is 0.484. The first-order valence-corrected chi connectivity index (χ1v) is 7.08. The van der Waals surface area contributed by atoms with Crippen LogP contribution in [0.1, 0.15) is 17.2 Å². The number of aliphatic hydroxyl groups excluding tert-OH is 1. The molecule has 20 heavy (non-hydrogen) atoms. The Morgan fingerprint density at radius 3 is 2.55 bits per heavy atom. The highest BCUT2D eigenvalue weighted by Gasteiger charge is 2.15. The molecular weight excluding hydrogens is 320 g/mol. The summed E-state index contributed by atoms with van der Waals surface area (Å²) < 4.78 is 11.4. The van der Waals surface area contributed by atoms with Crippen molar-refractivity contribution in [3.63, 3.8) is 0 Å². The second kappa shape index (κ2) is 6.77. The zero-order chi connectivity index (χ0) is 14.5. The number of rotatable bonds is 5. The average Bonchev–Trinajstić information content (AvgIpc) is 2.49. The van der Waals surface area contributed by atoms with Gasteiger partial charge in [0.05, 0.1) is 20.3 Å². The van der Waals surface area contributed by atoms with Gasteiger partial charge in [-0.15, -0.1) is 0 Å². The van der Waals surface area contributed by atoms with Crippen LogP contribution in [0.15, 0.2) is 46.9 Å². The monoisotopic (exact) mass is 336 g/mol. The van der Waals surface area contributed by atoms with E-state index < -0.39 is 6.10 Å². The summed E-state index contributed by atoms with van der Waals surface area (Å²) in [5.74, 6) is 1.47. The largest absolute Gasteiger partial charge is 0.497 e. The van der Waals surface area contributed by atoms with Gasteiger partial charge in [0.1, 0.15) is 11.5 Å². The maximum absolute atomic E-state index is 10.4. The topological polar surface area (TPSA) is 38.7 Å². The van der Waals surface area contributed by atoms with Gasteiger partial charge in [-0.05, 0) is 29.8 Å². The van der Waals surface area contributed by atoms with Crippen molar-refractivity contribution in [3.05, 3.63) is 58.1 Å². The van der Waals surface area contributed by atoms with Crippen LogP contribution in [0.5, 0.6) is 11.5 Å². The predicted molar refractivity (Wildman–Crippen MR) is 82.4 cm³/mol. The zero-order valence-corrected chi connectivity index (χ0v) is 13.1. The zero-order valence-electron chi connectivity index (χ0n) is 11.5. The van der Waals surface area contributed by atoms with Crippen LogP contribution in [0.2, 0.25) is 0 Å². The first kappa shape index (κ1) is 14.9. The highest BCUT2D eigenvalue weighted by atomic mass is 79.9. The van der Waals surface area contributed by atoms with E-state index in [1.807, 2.05) is 42.5 Å². The summed E-state index contributed by atoms with van der Waals surface area (Å²) in [7, 11) is 3.23. The number of halogens is 1. The molecule has 2 aromatic carbocycles. The molecule has 0 fully saturated rings. The van der Waals surface area contributed by atoms with Crippen molar-refractivity contribution < 1.29 is 14.6 Å². The molecule has 1 N–H and O–H groups in total. The van der Waals surface area contributed by atoms with E-state index in [-0.39, 0.29) is 0 Å². The van der Waals surface area contributed by atoms with Crippen molar-refractivity contribution in [2.24, 2.45) is 0 Å². The van der Waals surface area contributed by atoms with E-state index in [2.05, 4.69) is 15.9 Å². The minimum Gasteiger partial charge on any atom is -0.497 e. The number of methoxy groups -OCH3 is 2. The van der Waals surface area contributed by atoms with Gasteiger partial charge in [-0.25, -0.2) is 0 Å². The number of hydrogen-bond acceptors (Lipinski definition) is 3. The Morgan fingerprint density at radius 2 is 1.85 bits per heavy atom. The summed E-state index contributed by atoms with van der Waals surface area (Å²) in [6.45, 7) is 0. The summed E-state index contributed by atoms with van der Waals surface area (Å²) in [5, 5.41) is 10.4. The third-order valence-electron chi connectivity index (χ3n) is 3.16. The Bertz CT molecular complexity index is 584. The third-order valence-corrected chi connectivity index (χ3v) is 3.94. The molecule has 0 spiro atoms. The molecule has 0 aliphatic carbocycles. The highest BCUT2D eigenvalue weighted by Crippen LogP contribution is 2.31. The van der Waals surface area contributed by atoms with E-state index in [0.717, 1.165) is 21.3 Å². The molecule has 1 atom stereocenters. The summed E-state index contributed by atoms with van der Waals surface area (Å²) in [5.41, 5.74) is 1.77. The van der Waals surface area contributed by atoms with Crippen LogP contribution in [-0.4, -0.2) is 19.3 Å². The van der Waals surface area contributed by atoms with Crippen molar-refractivity contribution in [2.75, 3.05) is 14.2 Å². The molecule has 3 nitrogen and oxygen atoms in total. The van der Waals surface area contributed by atoms with Gasteiger partial charge in [-0.3, -0.25) is 0 Å². The van der Waals surface area contributed by atoms with Crippen molar-refractivity contribution in [1.29, 1.82) is 0 Å². The number of aliphatic hydroxyl groups is 1. The van der Waals surface area contributed by atoms with Crippen LogP contribution in [-0.2, 0) is 6.42 Å². The lowest BCUT2D eigenvalue weighted by Gasteiger charge is -2.16. The lowest BCUT2D eigenvalue weighted by Crippen LogP contribution is -2.04. The summed E-state index contributed by atoms with van der Waals surface area (Å²) in [6, 6.07) is 13.2. The van der Waals surface area contributed by atoms with Gasteiger partial charge in [0, 0.05) is 16.5 Å². The molecular formula is C16H17BrO3. The van der Waals surface area contributed by atoms with Gasteiger partial charge in [0.15, 0.2) is 0 Å². The van der Waals surface area contributed by atoms with Crippen molar-refractivity contribution in [3.8, 4) is 11.5 Å². The maximum atomic E-state index is 10.4. The highest BCUT2D eigenvalue weighted by molar-refractivity contribution is 9.10. The van der Waals surface area contributed by atoms with Crippen LogP contribution in [0.3, 0.4) is 0 Å². The molecule has 0 aliphatic heterocycles. The Morgan fingerprint density at radius 1 is 1.10 bits per heavy atom. The van der Waals surface area contributed by atoms with E-state index >= 15 is 0 Å². The molecule has 0 saturated carbocycles. The molecule has 1 unspecified atom stereocenters. The van der Waals surface area contributed by atoms with Gasteiger partial charge < -0.3 is 14.6 Å². The van der Waals surface area contributed by atoms with Gasteiger partial charge in [0.2, 0.25) is 0 Å². The SMILES string of the molecule is COc1ccc(Br)c(CC(O)c2ccccc2OC)c1. The third kappa shape index (κ3) is 3.32. The number of benzene rings is 2. The predicted octanol–water partition coefficient (Wildman–Crippen LogP) is 3.74. The van der Waals surface area contributed by atoms with E-state index in [4.69, 9.17) is 9.47 Å². The van der Waals surface area contributed by atoms with Crippen LogP contribution in [0.4, 0.5) is 0 Å². The first-order chi connectivity index (χ1) is 9.65. The summed E-state index contributed by atoms with van der Waals surface area (Å²) >= 11 is 3.50. The Balaban J connectivity index is 2.25. The van der Waals surface area contributed by atoms with Crippen LogP contribution in [0, 0.1) is 0 Å². The number of ether oxygens (including phenoxy) is 2. The molecule has 106 valence electrons. The van der Waals surface area contributed by atoms with Gasteiger partial charge in [-0.1, -0.05) is 34.1 Å². The van der Waals surface area contributed by atoms with Crippen LogP contribution >= 0.6 is 15.9 Å². The van der Waals surface area contributed by atoms with Crippen LogP contribution < -0.4 is 9.47 Å². The second-order valence-electron chi connectivity index (χ2n) is 4.42. The van der Waals surface area contributed by atoms with Gasteiger partial charge >= 0.3 is 0 Å². The average molecular weight is 337 g/mol. The Kier molecular flexibility index (Phi) is 5.04. The molecule has 0 heterocycles. The smallest absolute Gasteiger partial charge is 0.124 e. The fourth-order valence-electron chi connectivity index (χ4n) is 2.09. The molecule has 2 rings (SSSR count). The molecule has 0 amide bonds. The molecule has 0 radical (unpaired) electrons. The Hall–Kier alpha value is -1.52. The van der Waals surface area contributed by atoms with E-state index in [1.54, 1.807) is 14.2 Å². The van der Waals surface area contributed by atoms with E-state index in [0.29, 0.717) is 12.2 Å². The molecule has 0 aromatic heterocycles. The Labute approximate surface area is 127 Å². The number of para-hydroxylation sites is 1. The normalized spacial score (nSPS) is 12.0. The fraction of sp³-hybridized carbons (Fsp3) is 0.250. The molecule has 0 bridgehead atoms. The molecule has 4 heteroatoms. The quantitative estimate of drug-likeness (QED) is 0.903. The van der Waals surface area contributed by atoms with Crippen molar-refractivity contribution in [2.45, 2.75) is 12.5 Å². The van der Waals surface area contributed by atoms with Crippen LogP contribution in [0.25, 0.3) is 0 Å². The van der Waals surface area contributed by atoms with Crippen molar-refractivity contribution in [1.82, 2.24) is 0 Å². The van der Waals surface area contributed by atoms with E-state index in [1.165, 1.54) is 0 Å². The lowest BCUT2D eigenvalue weighted by atomic mass is 10.0. The lowest BCUT2D eigenvalue weighted by molar-refractivity contribution is 0.173. The molecule has 0 aliphatic rings. The van der Waals surface area contributed by atoms with E-state index in [9.17, 15) is 5.11 Å². The standard InChI is InChI=1S/C16H17BrO3/c1-19-12-7-8-14(17)11(9-12)10-15(18)13-5-3-4-6-16(13)20-2/h3-9,15,18H,10H2,1-2H3. The molecule has 2 aromatic rings. The summed E-state index contributed by atoms with van der Waals surface area (Å²) in [6.07, 6.45) is -0.146. The van der Waals surface area contributed by atoms with Crippen molar-refractivity contribution >= 4 is 15.9 Å². The summed E-state index contributed by atoms with van der Waals surface area (Å²) in [4.78, 5) is 0. The minimum atomic E-state index is -0.630. The second-order valence-corrected chi connectivity index (χ2v) is 5.27. The molecule has 0 saturated heterocycles. The van der Waals surface area contributed by atoms with Gasteiger partial charge in [-0.2, -0.15) is 0 Å². The fourth-order valence-corrected chi connectivity index (χ4v) is 2.50. The first-order valence-electron chi connectivity index (χ1n) is 6.29. The number of hydrogen-bond donors (Lipinski definition) is 1.